The lowest BCUT2D eigenvalue weighted by molar-refractivity contribution is 0.0764. The summed E-state index contributed by atoms with van der Waals surface area (Å²) in [6, 6.07) is 0. The van der Waals surface area contributed by atoms with Crippen molar-refractivity contribution in [3.05, 3.63) is 28.2 Å². The summed E-state index contributed by atoms with van der Waals surface area (Å²) in [5.41, 5.74) is 1.11. The van der Waals surface area contributed by atoms with Gasteiger partial charge in [0.25, 0.3) is 0 Å². The van der Waals surface area contributed by atoms with Crippen LogP contribution >= 0.6 is 0 Å². The van der Waals surface area contributed by atoms with Crippen LogP contribution in [-0.4, -0.2) is 42.1 Å². The summed E-state index contributed by atoms with van der Waals surface area (Å²) in [6.07, 6.45) is 2.16. The van der Waals surface area contributed by atoms with Crippen LogP contribution in [0.4, 0.5) is 0 Å². The van der Waals surface area contributed by atoms with Gasteiger partial charge in [-0.1, -0.05) is 6.92 Å². The summed E-state index contributed by atoms with van der Waals surface area (Å²) < 4.78 is 2.67. The lowest BCUT2D eigenvalue weighted by Crippen LogP contribution is -2.34. The molecule has 19 heavy (non-hydrogen) atoms. The second kappa shape index (κ2) is 5.50. The number of nitrogens with zero attached hydrogens (tertiary/aromatic N) is 4. The molecule has 2 heterocycles. The van der Waals surface area contributed by atoms with Crippen molar-refractivity contribution in [1.29, 1.82) is 0 Å². The largest absolute Gasteiger partial charge is 0.394 e. The first-order chi connectivity index (χ1) is 9.08. The third-order valence-electron chi connectivity index (χ3n) is 2.97. The second-order valence-corrected chi connectivity index (χ2v) is 4.53. The standard InChI is InChI=1S/C12H18N4O3/c1-3-4-11-14-8(2)10-5-13-15(6-9(18)7-17)12(19)16(10)11/h5,9,17-18H,3-4,6-7H2,1-2H3. The van der Waals surface area contributed by atoms with Crippen molar-refractivity contribution in [3.8, 4) is 0 Å². The molecule has 2 aromatic heterocycles. The maximum absolute atomic E-state index is 12.3. The fourth-order valence-corrected chi connectivity index (χ4v) is 2.03. The Balaban J connectivity index is 2.56. The van der Waals surface area contributed by atoms with Gasteiger partial charge in [-0.3, -0.25) is 0 Å². The molecule has 0 aromatic carbocycles. The fraction of sp³-hybridized carbons (Fsp3) is 0.583. The molecule has 2 aromatic rings. The van der Waals surface area contributed by atoms with E-state index in [9.17, 15) is 9.90 Å². The van der Waals surface area contributed by atoms with E-state index in [-0.39, 0.29) is 12.2 Å². The van der Waals surface area contributed by atoms with Crippen LogP contribution in [0.15, 0.2) is 11.0 Å². The van der Waals surface area contributed by atoms with Crippen molar-refractivity contribution >= 4 is 5.52 Å². The molecular formula is C12H18N4O3. The summed E-state index contributed by atoms with van der Waals surface area (Å²) in [5.74, 6) is 0.703. The van der Waals surface area contributed by atoms with Gasteiger partial charge in [0.15, 0.2) is 0 Å². The summed E-state index contributed by atoms with van der Waals surface area (Å²) >= 11 is 0. The van der Waals surface area contributed by atoms with Crippen LogP contribution in [0, 0.1) is 6.92 Å². The minimum Gasteiger partial charge on any atom is -0.394 e. The van der Waals surface area contributed by atoms with E-state index in [4.69, 9.17) is 5.11 Å². The number of rotatable bonds is 5. The zero-order chi connectivity index (χ0) is 14.0. The third kappa shape index (κ3) is 2.52. The van der Waals surface area contributed by atoms with Gasteiger partial charge in [-0.15, -0.1) is 0 Å². The van der Waals surface area contributed by atoms with E-state index in [2.05, 4.69) is 10.1 Å². The molecule has 0 amide bonds. The highest BCUT2D eigenvalue weighted by atomic mass is 16.3. The first-order valence-electron chi connectivity index (χ1n) is 6.31. The summed E-state index contributed by atoms with van der Waals surface area (Å²) in [5, 5.41) is 22.2. The van der Waals surface area contributed by atoms with E-state index in [1.165, 1.54) is 4.40 Å². The number of hydrogen-bond acceptors (Lipinski definition) is 5. The van der Waals surface area contributed by atoms with Crippen molar-refractivity contribution in [2.75, 3.05) is 6.61 Å². The van der Waals surface area contributed by atoms with Gasteiger partial charge in [0, 0.05) is 6.42 Å². The SMILES string of the molecule is CCCc1nc(C)c2cnn(CC(O)CO)c(=O)n12. The van der Waals surface area contributed by atoms with Gasteiger partial charge < -0.3 is 10.2 Å². The lowest BCUT2D eigenvalue weighted by Gasteiger charge is -2.09. The zero-order valence-electron chi connectivity index (χ0n) is 11.1. The maximum atomic E-state index is 12.3. The van der Waals surface area contributed by atoms with Crippen LogP contribution in [0.3, 0.4) is 0 Å². The molecule has 2 N–H and O–H groups in total. The Morgan fingerprint density at radius 1 is 1.47 bits per heavy atom. The molecule has 0 saturated carbocycles. The predicted octanol–water partition coefficient (Wildman–Crippen LogP) is -0.495. The molecule has 0 fully saturated rings. The van der Waals surface area contributed by atoms with Crippen LogP contribution in [0.1, 0.15) is 24.9 Å². The fourth-order valence-electron chi connectivity index (χ4n) is 2.03. The van der Waals surface area contributed by atoms with Crippen LogP contribution in [0.2, 0.25) is 0 Å². The van der Waals surface area contributed by atoms with E-state index in [1.54, 1.807) is 6.20 Å². The Labute approximate surface area is 110 Å². The molecule has 2 rings (SSSR count). The quantitative estimate of drug-likeness (QED) is 0.761. The van der Waals surface area contributed by atoms with E-state index in [1.807, 2.05) is 13.8 Å². The van der Waals surface area contributed by atoms with Gasteiger partial charge in [-0.2, -0.15) is 5.10 Å². The molecule has 104 valence electrons. The van der Waals surface area contributed by atoms with Crippen molar-refractivity contribution < 1.29 is 10.2 Å². The predicted molar refractivity (Wildman–Crippen MR) is 69.1 cm³/mol. The highest BCUT2D eigenvalue weighted by Crippen LogP contribution is 2.10. The van der Waals surface area contributed by atoms with Crippen molar-refractivity contribution in [2.24, 2.45) is 0 Å². The molecule has 0 aliphatic heterocycles. The topological polar surface area (TPSA) is 92.7 Å². The van der Waals surface area contributed by atoms with Crippen LogP contribution in [0.5, 0.6) is 0 Å². The number of aliphatic hydroxyl groups excluding tert-OH is 2. The number of imidazole rings is 1. The van der Waals surface area contributed by atoms with Crippen molar-refractivity contribution in [2.45, 2.75) is 39.3 Å². The second-order valence-electron chi connectivity index (χ2n) is 4.53. The monoisotopic (exact) mass is 266 g/mol. The molecule has 7 nitrogen and oxygen atoms in total. The van der Waals surface area contributed by atoms with Crippen LogP contribution < -0.4 is 5.69 Å². The van der Waals surface area contributed by atoms with Gasteiger partial charge in [0.05, 0.1) is 36.7 Å². The average molecular weight is 266 g/mol. The number of aromatic nitrogens is 4. The number of aliphatic hydroxyl groups is 2. The number of hydrogen-bond donors (Lipinski definition) is 2. The Morgan fingerprint density at radius 3 is 2.84 bits per heavy atom. The zero-order valence-corrected chi connectivity index (χ0v) is 11.1. The maximum Gasteiger partial charge on any atom is 0.350 e. The first kappa shape index (κ1) is 13.7. The van der Waals surface area contributed by atoms with Gasteiger partial charge in [-0.25, -0.2) is 18.9 Å². The van der Waals surface area contributed by atoms with E-state index >= 15 is 0 Å². The van der Waals surface area contributed by atoms with Gasteiger partial charge in [0.2, 0.25) is 0 Å². The van der Waals surface area contributed by atoms with E-state index in [0.29, 0.717) is 17.8 Å². The van der Waals surface area contributed by atoms with E-state index in [0.717, 1.165) is 16.8 Å². The molecule has 0 saturated heterocycles. The first-order valence-corrected chi connectivity index (χ1v) is 6.31. The Bertz CT molecular complexity index is 632. The molecule has 0 spiro atoms. The van der Waals surface area contributed by atoms with Crippen molar-refractivity contribution in [3.63, 3.8) is 0 Å². The smallest absolute Gasteiger partial charge is 0.350 e. The van der Waals surface area contributed by atoms with Crippen LogP contribution in [-0.2, 0) is 13.0 Å². The molecule has 7 heteroatoms. The van der Waals surface area contributed by atoms with Gasteiger partial charge >= 0.3 is 5.69 Å². The summed E-state index contributed by atoms with van der Waals surface area (Å²) in [6.45, 7) is 3.42. The molecule has 1 unspecified atom stereocenters. The molecule has 0 bridgehead atoms. The molecule has 0 aliphatic carbocycles. The lowest BCUT2D eigenvalue weighted by atomic mass is 10.3. The Morgan fingerprint density at radius 2 is 2.21 bits per heavy atom. The Kier molecular flexibility index (Phi) is 3.96. The van der Waals surface area contributed by atoms with Crippen LogP contribution in [0.25, 0.3) is 5.52 Å². The molecular weight excluding hydrogens is 248 g/mol. The van der Waals surface area contributed by atoms with E-state index < -0.39 is 12.7 Å². The molecule has 1 atom stereocenters. The summed E-state index contributed by atoms with van der Waals surface area (Å²) in [7, 11) is 0. The van der Waals surface area contributed by atoms with Gasteiger partial charge in [-0.05, 0) is 13.3 Å². The Hall–Kier alpha value is -1.73. The highest BCUT2D eigenvalue weighted by molar-refractivity contribution is 5.49. The minimum atomic E-state index is -0.998. The van der Waals surface area contributed by atoms with Crippen molar-refractivity contribution in [1.82, 2.24) is 19.2 Å². The molecule has 0 radical (unpaired) electrons. The molecule has 0 aliphatic rings. The third-order valence-corrected chi connectivity index (χ3v) is 2.97. The average Bonchev–Trinajstić information content (AvgIpc) is 2.70. The summed E-state index contributed by atoms with van der Waals surface area (Å²) in [4.78, 5) is 16.7. The minimum absolute atomic E-state index is 0.0337. The highest BCUT2D eigenvalue weighted by Gasteiger charge is 2.14. The normalized spacial score (nSPS) is 13.1. The number of aryl methyl sites for hydroxylation is 2. The van der Waals surface area contributed by atoms with Gasteiger partial charge in [0.1, 0.15) is 5.82 Å². The number of fused-ring (bicyclic) bond motifs is 1.